The van der Waals surface area contributed by atoms with Crippen molar-refractivity contribution in [2.45, 2.75) is 50.1 Å². The second kappa shape index (κ2) is 6.90. The molecule has 3 aliphatic heterocycles. The van der Waals surface area contributed by atoms with Crippen LogP contribution in [-0.4, -0.2) is 54.0 Å². The number of halogens is 1. The molecule has 8 heteroatoms. The molecule has 0 aromatic heterocycles. The predicted molar refractivity (Wildman–Crippen MR) is 109 cm³/mol. The molecule has 2 atom stereocenters. The summed E-state index contributed by atoms with van der Waals surface area (Å²) in [7, 11) is 0. The Labute approximate surface area is 174 Å². The molecule has 2 saturated heterocycles. The second-order valence-corrected chi connectivity index (χ2v) is 9.11. The van der Waals surface area contributed by atoms with E-state index >= 15 is 0 Å². The number of benzene rings is 1. The van der Waals surface area contributed by atoms with Crippen LogP contribution in [0.1, 0.15) is 37.7 Å². The first-order valence-corrected chi connectivity index (χ1v) is 10.8. The molecular formula is C21H25ClN4O3. The van der Waals surface area contributed by atoms with E-state index in [2.05, 4.69) is 21.6 Å². The summed E-state index contributed by atoms with van der Waals surface area (Å²) in [6.07, 6.45) is 4.30. The van der Waals surface area contributed by atoms with Crippen molar-refractivity contribution in [3.63, 3.8) is 0 Å². The molecule has 3 heterocycles. The molecule has 0 radical (unpaired) electrons. The van der Waals surface area contributed by atoms with Gasteiger partial charge in [-0.3, -0.25) is 14.9 Å². The van der Waals surface area contributed by atoms with Gasteiger partial charge in [-0.2, -0.15) is 0 Å². The molecular weight excluding hydrogens is 392 g/mol. The van der Waals surface area contributed by atoms with Gasteiger partial charge in [0.2, 0.25) is 5.91 Å². The van der Waals surface area contributed by atoms with Gasteiger partial charge in [0.15, 0.2) is 0 Å². The van der Waals surface area contributed by atoms with E-state index in [0.29, 0.717) is 13.0 Å². The van der Waals surface area contributed by atoms with Crippen LogP contribution in [0.2, 0.25) is 5.02 Å². The fourth-order valence-corrected chi connectivity index (χ4v) is 5.39. The van der Waals surface area contributed by atoms with E-state index in [1.54, 1.807) is 0 Å². The maximum Gasteiger partial charge on any atom is 0.322 e. The molecule has 4 amide bonds. The molecule has 1 aliphatic carbocycles. The number of urea groups is 1. The summed E-state index contributed by atoms with van der Waals surface area (Å²) in [5.41, 5.74) is 1.58. The zero-order valence-electron chi connectivity index (χ0n) is 16.2. The highest BCUT2D eigenvalue weighted by molar-refractivity contribution is 6.30. The van der Waals surface area contributed by atoms with Gasteiger partial charge >= 0.3 is 6.03 Å². The van der Waals surface area contributed by atoms with Crippen LogP contribution in [0.3, 0.4) is 0 Å². The fraction of sp³-hybridized carbons (Fsp3) is 0.571. The highest BCUT2D eigenvalue weighted by Crippen LogP contribution is 2.44. The summed E-state index contributed by atoms with van der Waals surface area (Å²) < 4.78 is 0. The van der Waals surface area contributed by atoms with Crippen molar-refractivity contribution in [1.29, 1.82) is 0 Å². The summed E-state index contributed by atoms with van der Waals surface area (Å²) in [6.45, 7) is 2.31. The molecule has 29 heavy (non-hydrogen) atoms. The van der Waals surface area contributed by atoms with Crippen LogP contribution in [0.25, 0.3) is 0 Å². The summed E-state index contributed by atoms with van der Waals surface area (Å²) in [5, 5.41) is 5.91. The lowest BCUT2D eigenvalue weighted by Gasteiger charge is -2.29. The number of nitrogens with zero attached hydrogens (tertiary/aromatic N) is 2. The summed E-state index contributed by atoms with van der Waals surface area (Å²) in [6, 6.07) is 5.85. The standard InChI is InChI=1S/C21H25ClN4O3/c22-15-5-2-13-10-16-12-25(8-1-9-26(16)17(13)11-15)18(27)6-7-21(14-3-4-14)19(28)23-20(29)24-21/h2,5,11,14,16H,1,3-4,6-10,12H2,(H2,23,24,28,29)/t16?,21-/m0/s1. The monoisotopic (exact) mass is 416 g/mol. The van der Waals surface area contributed by atoms with Crippen LogP contribution < -0.4 is 15.5 Å². The van der Waals surface area contributed by atoms with E-state index in [1.165, 1.54) is 11.3 Å². The average molecular weight is 417 g/mol. The van der Waals surface area contributed by atoms with Gasteiger partial charge in [-0.25, -0.2) is 4.79 Å². The molecule has 7 nitrogen and oxygen atoms in total. The number of rotatable bonds is 4. The van der Waals surface area contributed by atoms with Crippen molar-refractivity contribution in [2.75, 3.05) is 24.5 Å². The number of carbonyl (C=O) groups is 3. The molecule has 1 saturated carbocycles. The number of imide groups is 1. The Kier molecular flexibility index (Phi) is 4.46. The first kappa shape index (κ1) is 18.7. The molecule has 0 spiro atoms. The smallest absolute Gasteiger partial charge is 0.322 e. The lowest BCUT2D eigenvalue weighted by Crippen LogP contribution is -2.50. The van der Waals surface area contributed by atoms with E-state index < -0.39 is 11.6 Å². The molecule has 154 valence electrons. The number of carbonyl (C=O) groups excluding carboxylic acids is 3. The van der Waals surface area contributed by atoms with E-state index in [4.69, 9.17) is 11.6 Å². The van der Waals surface area contributed by atoms with Gasteiger partial charge in [-0.1, -0.05) is 17.7 Å². The Morgan fingerprint density at radius 1 is 1.24 bits per heavy atom. The molecule has 0 bridgehead atoms. The number of nitrogens with one attached hydrogen (secondary N) is 2. The molecule has 4 aliphatic rings. The minimum atomic E-state index is -0.898. The number of anilines is 1. The molecule has 3 fully saturated rings. The van der Waals surface area contributed by atoms with E-state index in [0.717, 1.165) is 43.8 Å². The zero-order valence-corrected chi connectivity index (χ0v) is 17.0. The quantitative estimate of drug-likeness (QED) is 0.736. The Morgan fingerprint density at radius 3 is 2.79 bits per heavy atom. The van der Waals surface area contributed by atoms with Crippen molar-refractivity contribution in [3.05, 3.63) is 28.8 Å². The van der Waals surface area contributed by atoms with E-state index in [9.17, 15) is 14.4 Å². The predicted octanol–water partition coefficient (Wildman–Crippen LogP) is 2.07. The SMILES string of the molecule is O=C1NC(=O)[C@](CCC(=O)N2CCCN3c4cc(Cl)ccc4CC3C2)(C2CC2)N1. The lowest BCUT2D eigenvalue weighted by molar-refractivity contribution is -0.132. The average Bonchev–Trinajstić information content (AvgIpc) is 3.46. The van der Waals surface area contributed by atoms with E-state index in [-0.39, 0.29) is 30.2 Å². The largest absolute Gasteiger partial charge is 0.366 e. The van der Waals surface area contributed by atoms with Crippen LogP contribution in [0.5, 0.6) is 0 Å². The van der Waals surface area contributed by atoms with Gasteiger partial charge in [0.1, 0.15) is 5.54 Å². The first-order chi connectivity index (χ1) is 14.0. The first-order valence-electron chi connectivity index (χ1n) is 10.4. The van der Waals surface area contributed by atoms with Gasteiger partial charge in [-0.05, 0) is 55.7 Å². The van der Waals surface area contributed by atoms with Crippen LogP contribution >= 0.6 is 11.6 Å². The maximum absolute atomic E-state index is 13.0. The van der Waals surface area contributed by atoms with Crippen LogP contribution in [0.4, 0.5) is 10.5 Å². The minimum Gasteiger partial charge on any atom is -0.366 e. The van der Waals surface area contributed by atoms with Gasteiger partial charge in [0.05, 0.1) is 6.04 Å². The van der Waals surface area contributed by atoms with Crippen molar-refractivity contribution in [3.8, 4) is 0 Å². The van der Waals surface area contributed by atoms with Crippen LogP contribution in [0, 0.1) is 5.92 Å². The van der Waals surface area contributed by atoms with E-state index in [1.807, 2.05) is 17.0 Å². The number of hydrogen-bond acceptors (Lipinski definition) is 4. The van der Waals surface area contributed by atoms with Crippen LogP contribution in [-0.2, 0) is 16.0 Å². The Morgan fingerprint density at radius 2 is 2.07 bits per heavy atom. The number of hydrogen-bond donors (Lipinski definition) is 2. The van der Waals surface area contributed by atoms with Crippen molar-refractivity contribution in [1.82, 2.24) is 15.5 Å². The lowest BCUT2D eigenvalue weighted by atomic mass is 9.87. The third-order valence-corrected chi connectivity index (χ3v) is 7.08. The zero-order chi connectivity index (χ0) is 20.2. The molecule has 1 unspecified atom stereocenters. The maximum atomic E-state index is 13.0. The third kappa shape index (κ3) is 3.25. The van der Waals surface area contributed by atoms with Gasteiger partial charge in [0, 0.05) is 36.8 Å². The van der Waals surface area contributed by atoms with Crippen molar-refractivity contribution >= 4 is 35.1 Å². The third-order valence-electron chi connectivity index (χ3n) is 6.84. The van der Waals surface area contributed by atoms with Gasteiger partial charge in [0.25, 0.3) is 5.91 Å². The minimum absolute atomic E-state index is 0.0646. The Balaban J connectivity index is 1.26. The molecule has 1 aromatic rings. The van der Waals surface area contributed by atoms with Crippen LogP contribution in [0.15, 0.2) is 18.2 Å². The molecule has 5 rings (SSSR count). The normalized spacial score (nSPS) is 28.5. The van der Waals surface area contributed by atoms with Gasteiger partial charge in [-0.15, -0.1) is 0 Å². The summed E-state index contributed by atoms with van der Waals surface area (Å²) in [5.74, 6) is -0.0618. The highest BCUT2D eigenvalue weighted by Gasteiger charge is 2.55. The van der Waals surface area contributed by atoms with Crippen molar-refractivity contribution < 1.29 is 14.4 Å². The highest BCUT2D eigenvalue weighted by atomic mass is 35.5. The van der Waals surface area contributed by atoms with Gasteiger partial charge < -0.3 is 15.1 Å². The van der Waals surface area contributed by atoms with Crippen molar-refractivity contribution in [2.24, 2.45) is 5.92 Å². The Hall–Kier alpha value is -2.28. The fourth-order valence-electron chi connectivity index (χ4n) is 5.22. The molecule has 1 aromatic carbocycles. The Bertz CT molecular complexity index is 887. The topological polar surface area (TPSA) is 81.8 Å². The second-order valence-electron chi connectivity index (χ2n) is 8.67. The molecule has 2 N–H and O–H groups in total. The number of fused-ring (bicyclic) bond motifs is 3. The number of amides is 4. The summed E-state index contributed by atoms with van der Waals surface area (Å²) in [4.78, 5) is 41.5. The summed E-state index contributed by atoms with van der Waals surface area (Å²) >= 11 is 6.19.